The Labute approximate surface area is 122 Å². The lowest BCUT2D eigenvalue weighted by atomic mass is 9.87. The summed E-state index contributed by atoms with van der Waals surface area (Å²) in [7, 11) is 0. The van der Waals surface area contributed by atoms with Gasteiger partial charge in [0.2, 0.25) is 0 Å². The Morgan fingerprint density at radius 3 is 2.62 bits per heavy atom. The zero-order valence-electron chi connectivity index (χ0n) is 11.6. The molecule has 0 saturated heterocycles. The van der Waals surface area contributed by atoms with Gasteiger partial charge in [0.25, 0.3) is 5.79 Å². The van der Waals surface area contributed by atoms with Gasteiger partial charge >= 0.3 is 0 Å². The molecule has 3 N–H and O–H groups in total. The number of ether oxygens (including phenoxy) is 1. The van der Waals surface area contributed by atoms with Crippen molar-refractivity contribution in [2.24, 2.45) is 0 Å². The summed E-state index contributed by atoms with van der Waals surface area (Å²) in [5.41, 5.74) is 1.39. The van der Waals surface area contributed by atoms with Gasteiger partial charge in [0, 0.05) is 17.5 Å². The molecule has 4 heteroatoms. The SMILES string of the molecule is CCc1ccc2c(c1)OC1(O)c3ccc(O)cc3CC21O. The number of phenols is 1. The maximum absolute atomic E-state index is 11.1. The van der Waals surface area contributed by atoms with E-state index >= 15 is 0 Å². The average molecular weight is 284 g/mol. The number of aromatic hydroxyl groups is 1. The van der Waals surface area contributed by atoms with E-state index in [-0.39, 0.29) is 12.2 Å². The number of aryl methyl sites for hydroxylation is 1. The standard InChI is InChI=1S/C17H16O4/c1-2-10-3-5-14-15(7-10)21-17(20)13-6-4-12(18)8-11(13)9-16(14,17)19/h3-8,18-20H,2,9H2,1H3. The van der Waals surface area contributed by atoms with Gasteiger partial charge in [0.05, 0.1) is 0 Å². The summed E-state index contributed by atoms with van der Waals surface area (Å²) >= 11 is 0. The van der Waals surface area contributed by atoms with Crippen molar-refractivity contribution >= 4 is 0 Å². The van der Waals surface area contributed by atoms with Crippen LogP contribution in [0.25, 0.3) is 0 Å². The molecule has 108 valence electrons. The maximum atomic E-state index is 11.1. The highest BCUT2D eigenvalue weighted by atomic mass is 16.7. The number of hydrogen-bond donors (Lipinski definition) is 3. The second-order valence-corrected chi connectivity index (χ2v) is 5.81. The molecular formula is C17H16O4. The van der Waals surface area contributed by atoms with Crippen LogP contribution in [0, 0.1) is 0 Å². The van der Waals surface area contributed by atoms with E-state index in [0.717, 1.165) is 12.0 Å². The van der Waals surface area contributed by atoms with Gasteiger partial charge in [-0.3, -0.25) is 0 Å². The first-order valence-electron chi connectivity index (χ1n) is 7.07. The summed E-state index contributed by atoms with van der Waals surface area (Å²) in [6, 6.07) is 10.3. The highest BCUT2D eigenvalue weighted by molar-refractivity contribution is 5.56. The zero-order valence-corrected chi connectivity index (χ0v) is 11.6. The number of hydrogen-bond acceptors (Lipinski definition) is 4. The van der Waals surface area contributed by atoms with Crippen LogP contribution in [0.4, 0.5) is 0 Å². The van der Waals surface area contributed by atoms with Gasteiger partial charge in [-0.05, 0) is 41.8 Å². The Balaban J connectivity index is 1.91. The summed E-state index contributed by atoms with van der Waals surface area (Å²) < 4.78 is 5.75. The second kappa shape index (κ2) is 3.78. The number of benzene rings is 2. The third kappa shape index (κ3) is 1.41. The quantitative estimate of drug-likeness (QED) is 0.748. The average Bonchev–Trinajstić information content (AvgIpc) is 2.79. The second-order valence-electron chi connectivity index (χ2n) is 5.81. The van der Waals surface area contributed by atoms with Gasteiger partial charge in [0.15, 0.2) is 5.60 Å². The third-order valence-corrected chi connectivity index (χ3v) is 4.62. The van der Waals surface area contributed by atoms with Crippen molar-refractivity contribution in [3.63, 3.8) is 0 Å². The van der Waals surface area contributed by atoms with Crippen molar-refractivity contribution in [2.45, 2.75) is 31.2 Å². The van der Waals surface area contributed by atoms with E-state index < -0.39 is 11.4 Å². The molecule has 1 aliphatic carbocycles. The van der Waals surface area contributed by atoms with Crippen LogP contribution in [0.1, 0.15) is 29.2 Å². The fraction of sp³-hybridized carbons (Fsp3) is 0.294. The molecule has 0 saturated carbocycles. The van der Waals surface area contributed by atoms with E-state index in [2.05, 4.69) is 0 Å². The summed E-state index contributed by atoms with van der Waals surface area (Å²) in [5.74, 6) is -1.15. The molecule has 0 spiro atoms. The largest absolute Gasteiger partial charge is 0.508 e. The van der Waals surface area contributed by atoms with Crippen molar-refractivity contribution in [1.29, 1.82) is 0 Å². The van der Waals surface area contributed by atoms with Gasteiger partial charge < -0.3 is 20.1 Å². The van der Waals surface area contributed by atoms with Crippen molar-refractivity contribution in [3.05, 3.63) is 58.7 Å². The van der Waals surface area contributed by atoms with Crippen molar-refractivity contribution in [2.75, 3.05) is 0 Å². The molecule has 2 aromatic rings. The van der Waals surface area contributed by atoms with E-state index in [1.54, 1.807) is 12.1 Å². The molecule has 1 aliphatic heterocycles. The first kappa shape index (κ1) is 12.7. The van der Waals surface area contributed by atoms with Crippen molar-refractivity contribution in [3.8, 4) is 11.5 Å². The highest BCUT2D eigenvalue weighted by Gasteiger charge is 2.65. The van der Waals surface area contributed by atoms with Crippen LogP contribution < -0.4 is 4.74 Å². The Bertz CT molecular complexity index is 754. The minimum Gasteiger partial charge on any atom is -0.508 e. The first-order valence-corrected chi connectivity index (χ1v) is 7.07. The molecule has 0 radical (unpaired) electrons. The molecule has 2 aliphatic rings. The molecule has 4 rings (SSSR count). The summed E-state index contributed by atoms with van der Waals surface area (Å²) in [4.78, 5) is 0. The van der Waals surface area contributed by atoms with E-state index in [1.807, 2.05) is 25.1 Å². The maximum Gasteiger partial charge on any atom is 0.268 e. The van der Waals surface area contributed by atoms with Gasteiger partial charge in [0.1, 0.15) is 11.5 Å². The predicted molar refractivity (Wildman–Crippen MR) is 76.1 cm³/mol. The molecule has 0 aromatic heterocycles. The predicted octanol–water partition coefficient (Wildman–Crippen LogP) is 1.94. The molecule has 2 aromatic carbocycles. The van der Waals surface area contributed by atoms with Crippen molar-refractivity contribution in [1.82, 2.24) is 0 Å². The van der Waals surface area contributed by atoms with Crippen molar-refractivity contribution < 1.29 is 20.1 Å². The Morgan fingerprint density at radius 2 is 1.86 bits per heavy atom. The van der Waals surface area contributed by atoms with Crippen LogP contribution in [-0.2, 0) is 24.2 Å². The number of fused-ring (bicyclic) bond motifs is 5. The zero-order chi connectivity index (χ0) is 14.8. The first-order chi connectivity index (χ1) is 9.98. The molecule has 2 atom stereocenters. The molecule has 0 bridgehead atoms. The lowest BCUT2D eigenvalue weighted by Gasteiger charge is -2.30. The summed E-state index contributed by atoms with van der Waals surface area (Å²) in [6.45, 7) is 2.04. The number of rotatable bonds is 1. The topological polar surface area (TPSA) is 69.9 Å². The van der Waals surface area contributed by atoms with Crippen LogP contribution in [0.2, 0.25) is 0 Å². The monoisotopic (exact) mass is 284 g/mol. The third-order valence-electron chi connectivity index (χ3n) is 4.62. The lowest BCUT2D eigenvalue weighted by Crippen LogP contribution is -2.45. The summed E-state index contributed by atoms with van der Waals surface area (Å²) in [6.07, 6.45) is 1.07. The minimum atomic E-state index is -1.79. The normalized spacial score (nSPS) is 28.7. The van der Waals surface area contributed by atoms with Gasteiger partial charge in [-0.2, -0.15) is 0 Å². The van der Waals surface area contributed by atoms with Crippen LogP contribution in [0.3, 0.4) is 0 Å². The van der Waals surface area contributed by atoms with Crippen LogP contribution in [0.15, 0.2) is 36.4 Å². The van der Waals surface area contributed by atoms with Gasteiger partial charge in [-0.1, -0.05) is 19.1 Å². The smallest absolute Gasteiger partial charge is 0.268 e. The molecule has 0 fully saturated rings. The fourth-order valence-corrected chi connectivity index (χ4v) is 3.46. The highest BCUT2D eigenvalue weighted by Crippen LogP contribution is 2.58. The van der Waals surface area contributed by atoms with Gasteiger partial charge in [-0.25, -0.2) is 0 Å². The Kier molecular flexibility index (Phi) is 2.28. The Hall–Kier alpha value is -2.04. The Morgan fingerprint density at radius 1 is 1.10 bits per heavy atom. The van der Waals surface area contributed by atoms with Gasteiger partial charge in [-0.15, -0.1) is 0 Å². The molecule has 21 heavy (non-hydrogen) atoms. The molecule has 2 unspecified atom stereocenters. The van der Waals surface area contributed by atoms with E-state index in [1.165, 1.54) is 6.07 Å². The molecule has 4 nitrogen and oxygen atoms in total. The van der Waals surface area contributed by atoms with Crippen LogP contribution in [0.5, 0.6) is 11.5 Å². The molecule has 0 amide bonds. The number of aliphatic hydroxyl groups is 2. The van der Waals surface area contributed by atoms with E-state index in [4.69, 9.17) is 4.74 Å². The van der Waals surface area contributed by atoms with Crippen LogP contribution in [-0.4, -0.2) is 15.3 Å². The fourth-order valence-electron chi connectivity index (χ4n) is 3.46. The van der Waals surface area contributed by atoms with E-state index in [9.17, 15) is 15.3 Å². The minimum absolute atomic E-state index is 0.113. The number of phenolic OH excluding ortho intramolecular Hbond substituents is 1. The van der Waals surface area contributed by atoms with E-state index in [0.29, 0.717) is 22.4 Å². The molecule has 1 heterocycles. The molecular weight excluding hydrogens is 268 g/mol. The van der Waals surface area contributed by atoms with Crippen LogP contribution >= 0.6 is 0 Å². The lowest BCUT2D eigenvalue weighted by molar-refractivity contribution is -0.242. The summed E-state index contributed by atoms with van der Waals surface area (Å²) in [5, 5.41) is 31.6.